The zero-order valence-corrected chi connectivity index (χ0v) is 13.5. The predicted molar refractivity (Wildman–Crippen MR) is 87.9 cm³/mol. The molecule has 2 aromatic rings. The lowest BCUT2D eigenvalue weighted by molar-refractivity contribution is -0.384. The molecule has 2 rings (SSSR count). The minimum absolute atomic E-state index is 0.0595. The Bertz CT molecular complexity index is 609. The third-order valence-corrected chi connectivity index (χ3v) is 3.75. The van der Waals surface area contributed by atoms with Crippen LogP contribution in [0.3, 0.4) is 0 Å². The molecule has 1 aromatic carbocycles. The van der Waals surface area contributed by atoms with Crippen LogP contribution in [0.2, 0.25) is 0 Å². The number of aromatic nitrogens is 4. The number of hydrogen-bond donors (Lipinski definition) is 0. The predicted octanol–water partition coefficient (Wildman–Crippen LogP) is 4.00. The molecule has 0 aliphatic carbocycles. The van der Waals surface area contributed by atoms with Gasteiger partial charge in [-0.2, -0.15) is 4.80 Å². The number of rotatable bonds is 10. The molecule has 0 saturated carbocycles. The van der Waals surface area contributed by atoms with Crippen LogP contribution in [0, 0.1) is 10.1 Å². The van der Waals surface area contributed by atoms with Gasteiger partial charge in [0.2, 0.25) is 5.82 Å². The lowest BCUT2D eigenvalue weighted by atomic mass is 10.1. The van der Waals surface area contributed by atoms with Crippen LogP contribution >= 0.6 is 0 Å². The van der Waals surface area contributed by atoms with Crippen molar-refractivity contribution in [2.24, 2.45) is 0 Å². The highest BCUT2D eigenvalue weighted by atomic mass is 16.6. The van der Waals surface area contributed by atoms with Gasteiger partial charge >= 0.3 is 0 Å². The number of unbranched alkanes of at least 4 members (excludes halogenated alkanes) is 6. The molecule has 7 nitrogen and oxygen atoms in total. The zero-order chi connectivity index (χ0) is 16.5. The van der Waals surface area contributed by atoms with E-state index in [0.717, 1.165) is 18.5 Å². The lowest BCUT2D eigenvalue weighted by Crippen LogP contribution is -2.02. The Morgan fingerprint density at radius 1 is 1.04 bits per heavy atom. The Labute approximate surface area is 135 Å². The molecule has 0 N–H and O–H groups in total. The monoisotopic (exact) mass is 317 g/mol. The number of nitro benzene ring substituents is 1. The quantitative estimate of drug-likeness (QED) is 0.375. The van der Waals surface area contributed by atoms with Crippen molar-refractivity contribution in [1.29, 1.82) is 0 Å². The molecule has 0 spiro atoms. The molecule has 0 fully saturated rings. The van der Waals surface area contributed by atoms with Crippen molar-refractivity contribution in [3.8, 4) is 11.4 Å². The molecular formula is C16H23N5O2. The fraction of sp³-hybridized carbons (Fsp3) is 0.562. The van der Waals surface area contributed by atoms with Gasteiger partial charge in [-0.1, -0.05) is 45.4 Å². The Morgan fingerprint density at radius 3 is 2.35 bits per heavy atom. The van der Waals surface area contributed by atoms with Gasteiger partial charge in [0.1, 0.15) is 0 Å². The van der Waals surface area contributed by atoms with Gasteiger partial charge in [-0.05, 0) is 23.8 Å². The number of hydrogen-bond acceptors (Lipinski definition) is 5. The minimum Gasteiger partial charge on any atom is -0.258 e. The van der Waals surface area contributed by atoms with Crippen molar-refractivity contribution >= 4 is 5.69 Å². The summed E-state index contributed by atoms with van der Waals surface area (Å²) in [6.07, 6.45) is 8.69. The molecule has 0 unspecified atom stereocenters. The van der Waals surface area contributed by atoms with Crippen LogP contribution < -0.4 is 0 Å². The molecule has 1 aromatic heterocycles. The van der Waals surface area contributed by atoms with Crippen LogP contribution in [-0.2, 0) is 6.54 Å². The number of non-ortho nitro benzene ring substituents is 1. The first-order chi connectivity index (χ1) is 11.2. The van der Waals surface area contributed by atoms with Crippen LogP contribution in [0.5, 0.6) is 0 Å². The first-order valence-corrected chi connectivity index (χ1v) is 8.23. The summed E-state index contributed by atoms with van der Waals surface area (Å²) in [4.78, 5) is 11.8. The molecule has 0 atom stereocenters. The first-order valence-electron chi connectivity index (χ1n) is 8.23. The maximum atomic E-state index is 10.6. The smallest absolute Gasteiger partial charge is 0.258 e. The molecule has 1 heterocycles. The summed E-state index contributed by atoms with van der Waals surface area (Å²) in [6, 6.07) is 6.19. The maximum absolute atomic E-state index is 10.6. The van der Waals surface area contributed by atoms with Gasteiger partial charge in [0, 0.05) is 17.7 Å². The van der Waals surface area contributed by atoms with E-state index in [9.17, 15) is 10.1 Å². The maximum Gasteiger partial charge on any atom is 0.269 e. The van der Waals surface area contributed by atoms with E-state index in [1.165, 1.54) is 50.7 Å². The summed E-state index contributed by atoms with van der Waals surface area (Å²) in [5.41, 5.74) is 0.797. The second kappa shape index (κ2) is 8.97. The SMILES string of the molecule is CCCCCCCCCn1nnc(-c2ccc([N+](=O)[O-])cc2)n1. The minimum atomic E-state index is -0.422. The average molecular weight is 317 g/mol. The summed E-state index contributed by atoms with van der Waals surface area (Å²) >= 11 is 0. The lowest BCUT2D eigenvalue weighted by Gasteiger charge is -2.00. The topological polar surface area (TPSA) is 86.7 Å². The third kappa shape index (κ3) is 5.43. The molecule has 7 heteroatoms. The van der Waals surface area contributed by atoms with E-state index in [0.29, 0.717) is 5.82 Å². The molecule has 0 saturated heterocycles. The molecular weight excluding hydrogens is 294 g/mol. The van der Waals surface area contributed by atoms with Crippen molar-refractivity contribution in [3.63, 3.8) is 0 Å². The number of aryl methyl sites for hydroxylation is 1. The van der Waals surface area contributed by atoms with Crippen molar-refractivity contribution in [3.05, 3.63) is 34.4 Å². The van der Waals surface area contributed by atoms with Crippen LogP contribution in [0.25, 0.3) is 11.4 Å². The summed E-state index contributed by atoms with van der Waals surface area (Å²) in [6.45, 7) is 2.98. The van der Waals surface area contributed by atoms with Gasteiger partial charge in [-0.15, -0.1) is 10.2 Å². The molecule has 124 valence electrons. The highest BCUT2D eigenvalue weighted by Crippen LogP contribution is 2.18. The number of tetrazole rings is 1. The van der Waals surface area contributed by atoms with Crippen molar-refractivity contribution < 1.29 is 4.92 Å². The highest BCUT2D eigenvalue weighted by molar-refractivity contribution is 5.56. The number of nitro groups is 1. The van der Waals surface area contributed by atoms with Gasteiger partial charge in [0.15, 0.2) is 0 Å². The van der Waals surface area contributed by atoms with Crippen LogP contribution in [-0.4, -0.2) is 25.1 Å². The molecule has 0 bridgehead atoms. The number of benzene rings is 1. The molecule has 0 radical (unpaired) electrons. The van der Waals surface area contributed by atoms with E-state index in [1.54, 1.807) is 16.9 Å². The second-order valence-corrected chi connectivity index (χ2v) is 5.63. The Kier molecular flexibility index (Phi) is 6.65. The molecule has 0 aliphatic rings. The molecule has 23 heavy (non-hydrogen) atoms. The fourth-order valence-electron chi connectivity index (χ4n) is 2.40. The third-order valence-electron chi connectivity index (χ3n) is 3.75. The van der Waals surface area contributed by atoms with Crippen LogP contribution in [0.4, 0.5) is 5.69 Å². The normalized spacial score (nSPS) is 10.8. The van der Waals surface area contributed by atoms with Gasteiger partial charge in [-0.3, -0.25) is 10.1 Å². The Morgan fingerprint density at radius 2 is 1.70 bits per heavy atom. The van der Waals surface area contributed by atoms with Crippen molar-refractivity contribution in [2.75, 3.05) is 0 Å². The summed E-state index contributed by atoms with van der Waals surface area (Å²) in [5.74, 6) is 0.503. The zero-order valence-electron chi connectivity index (χ0n) is 13.5. The van der Waals surface area contributed by atoms with Crippen molar-refractivity contribution in [1.82, 2.24) is 20.2 Å². The molecule has 0 amide bonds. The van der Waals surface area contributed by atoms with Crippen LogP contribution in [0.15, 0.2) is 24.3 Å². The standard InChI is InChI=1S/C16H23N5O2/c1-2-3-4-5-6-7-8-13-20-18-16(17-19-20)14-9-11-15(12-10-14)21(22)23/h9-12H,2-8,13H2,1H3. The second-order valence-electron chi connectivity index (χ2n) is 5.63. The van der Waals surface area contributed by atoms with E-state index >= 15 is 0 Å². The van der Waals surface area contributed by atoms with E-state index in [-0.39, 0.29) is 5.69 Å². The van der Waals surface area contributed by atoms with E-state index in [2.05, 4.69) is 22.3 Å². The highest BCUT2D eigenvalue weighted by Gasteiger charge is 2.09. The van der Waals surface area contributed by atoms with E-state index < -0.39 is 4.92 Å². The number of nitrogens with zero attached hydrogens (tertiary/aromatic N) is 5. The van der Waals surface area contributed by atoms with E-state index in [4.69, 9.17) is 0 Å². The summed E-state index contributed by atoms with van der Waals surface area (Å²) < 4.78 is 0. The van der Waals surface area contributed by atoms with Crippen LogP contribution in [0.1, 0.15) is 51.9 Å². The largest absolute Gasteiger partial charge is 0.269 e. The van der Waals surface area contributed by atoms with Gasteiger partial charge in [-0.25, -0.2) is 0 Å². The Hall–Kier alpha value is -2.31. The Balaban J connectivity index is 1.78. The van der Waals surface area contributed by atoms with Crippen molar-refractivity contribution in [2.45, 2.75) is 58.4 Å². The van der Waals surface area contributed by atoms with Gasteiger partial charge < -0.3 is 0 Å². The fourth-order valence-corrected chi connectivity index (χ4v) is 2.40. The summed E-state index contributed by atoms with van der Waals surface area (Å²) in [7, 11) is 0. The van der Waals surface area contributed by atoms with Gasteiger partial charge in [0.25, 0.3) is 5.69 Å². The van der Waals surface area contributed by atoms with E-state index in [1.807, 2.05) is 0 Å². The first kappa shape index (κ1) is 17.1. The molecule has 0 aliphatic heterocycles. The average Bonchev–Trinajstić information content (AvgIpc) is 3.03. The summed E-state index contributed by atoms with van der Waals surface area (Å²) in [5, 5.41) is 23.0. The van der Waals surface area contributed by atoms with Gasteiger partial charge in [0.05, 0.1) is 11.5 Å².